The van der Waals surface area contributed by atoms with E-state index >= 15 is 0 Å². The first kappa shape index (κ1) is 31.7. The summed E-state index contributed by atoms with van der Waals surface area (Å²) in [6.07, 6.45) is -0.770. The Kier molecular flexibility index (Phi) is 11.4. The number of alkyl carbamates (subject to hydrolysis) is 1. The molecule has 0 aliphatic rings. The molecule has 0 aliphatic carbocycles. The minimum Gasteiger partial charge on any atom is -0.508 e. The van der Waals surface area contributed by atoms with Crippen molar-refractivity contribution in [2.24, 2.45) is 5.92 Å². The molecule has 10 heteroatoms. The molecule has 0 bridgehead atoms. The molecule has 3 N–H and O–H groups in total. The normalized spacial score (nSPS) is 13.4. The van der Waals surface area contributed by atoms with Crippen LogP contribution in [0.25, 0.3) is 0 Å². The molecule has 0 spiro atoms. The molecular formula is C27H43N3O7. The largest absolute Gasteiger partial charge is 0.508 e. The fourth-order valence-corrected chi connectivity index (χ4v) is 3.63. The van der Waals surface area contributed by atoms with Gasteiger partial charge in [0.05, 0.1) is 13.0 Å². The van der Waals surface area contributed by atoms with Crippen LogP contribution in [0.1, 0.15) is 80.3 Å². The van der Waals surface area contributed by atoms with Crippen LogP contribution in [0.3, 0.4) is 0 Å². The van der Waals surface area contributed by atoms with Crippen molar-refractivity contribution >= 4 is 23.9 Å². The second-order valence-corrected chi connectivity index (χ2v) is 11.1. The number of phenols is 1. The summed E-state index contributed by atoms with van der Waals surface area (Å²) in [6, 6.07) is 3.88. The molecule has 2 atom stereocenters. The van der Waals surface area contributed by atoms with E-state index in [0.29, 0.717) is 5.56 Å². The maximum absolute atomic E-state index is 14.0. The highest BCUT2D eigenvalue weighted by molar-refractivity contribution is 5.93. The number of nitrogens with one attached hydrogen (secondary N) is 2. The molecule has 37 heavy (non-hydrogen) atoms. The molecule has 0 heterocycles. The van der Waals surface area contributed by atoms with Gasteiger partial charge < -0.3 is 30.1 Å². The third kappa shape index (κ3) is 10.3. The van der Waals surface area contributed by atoms with Gasteiger partial charge in [-0.05, 0) is 72.1 Å². The lowest BCUT2D eigenvalue weighted by Crippen LogP contribution is -2.59. The lowest BCUT2D eigenvalue weighted by Gasteiger charge is -2.43. The zero-order chi connectivity index (χ0) is 28.6. The molecule has 3 amide bonds. The van der Waals surface area contributed by atoms with E-state index in [1.807, 2.05) is 0 Å². The van der Waals surface area contributed by atoms with Crippen molar-refractivity contribution in [1.29, 1.82) is 0 Å². The summed E-state index contributed by atoms with van der Waals surface area (Å²) < 4.78 is 10.3. The molecule has 0 saturated carbocycles. The quantitative estimate of drug-likeness (QED) is 0.400. The summed E-state index contributed by atoms with van der Waals surface area (Å²) in [7, 11) is 0. The van der Waals surface area contributed by atoms with E-state index in [2.05, 4.69) is 10.6 Å². The lowest BCUT2D eigenvalue weighted by molar-refractivity contribution is -0.149. The van der Waals surface area contributed by atoms with Crippen LogP contribution in [-0.4, -0.2) is 64.2 Å². The zero-order valence-electron chi connectivity index (χ0n) is 23.5. The summed E-state index contributed by atoms with van der Waals surface area (Å²) in [4.78, 5) is 53.3. The molecular weight excluding hydrogens is 478 g/mol. The average molecular weight is 522 g/mol. The van der Waals surface area contributed by atoms with Crippen LogP contribution < -0.4 is 10.6 Å². The summed E-state index contributed by atoms with van der Waals surface area (Å²) in [5.41, 5.74) is -1.17. The number of nitrogens with zero attached hydrogens (tertiary/aromatic N) is 1. The molecule has 1 rings (SSSR count). The number of hydrogen-bond acceptors (Lipinski definition) is 7. The van der Waals surface area contributed by atoms with Crippen LogP contribution in [0.2, 0.25) is 0 Å². The summed E-state index contributed by atoms with van der Waals surface area (Å²) >= 11 is 0. The number of carbonyl (C=O) groups is 4. The number of phenolic OH excluding ortho intramolecular Hbond substituents is 1. The van der Waals surface area contributed by atoms with Crippen molar-refractivity contribution in [3.63, 3.8) is 0 Å². The summed E-state index contributed by atoms with van der Waals surface area (Å²) in [6.45, 7) is 16.1. The van der Waals surface area contributed by atoms with Crippen molar-refractivity contribution in [3.05, 3.63) is 29.8 Å². The van der Waals surface area contributed by atoms with Gasteiger partial charge in [0.15, 0.2) is 0 Å². The molecule has 0 aliphatic heterocycles. The van der Waals surface area contributed by atoms with Crippen molar-refractivity contribution in [3.8, 4) is 5.75 Å². The monoisotopic (exact) mass is 521 g/mol. The van der Waals surface area contributed by atoms with Gasteiger partial charge in [-0.3, -0.25) is 14.4 Å². The predicted molar refractivity (Wildman–Crippen MR) is 140 cm³/mol. The van der Waals surface area contributed by atoms with Crippen LogP contribution in [0.15, 0.2) is 24.3 Å². The Balaban J connectivity index is 3.43. The highest BCUT2D eigenvalue weighted by Gasteiger charge is 2.42. The van der Waals surface area contributed by atoms with Gasteiger partial charge in [-0.2, -0.15) is 0 Å². The molecule has 0 radical (unpaired) electrons. The van der Waals surface area contributed by atoms with Gasteiger partial charge in [0, 0.05) is 12.1 Å². The second kappa shape index (κ2) is 13.3. The minimum atomic E-state index is -1.11. The number of benzene rings is 1. The average Bonchev–Trinajstić information content (AvgIpc) is 2.74. The maximum Gasteiger partial charge on any atom is 0.408 e. The maximum atomic E-state index is 14.0. The Morgan fingerprint density at radius 2 is 1.57 bits per heavy atom. The smallest absolute Gasteiger partial charge is 0.408 e. The molecule has 10 nitrogen and oxygen atoms in total. The molecule has 0 saturated heterocycles. The van der Waals surface area contributed by atoms with Gasteiger partial charge in [-0.1, -0.05) is 26.0 Å². The van der Waals surface area contributed by atoms with Crippen LogP contribution in [0.4, 0.5) is 4.79 Å². The fraction of sp³-hybridized carbons (Fsp3) is 0.630. The molecule has 1 aromatic rings. The number of ether oxygens (including phenoxy) is 2. The third-order valence-electron chi connectivity index (χ3n) is 5.21. The highest BCUT2D eigenvalue weighted by atomic mass is 16.6. The molecule has 0 fully saturated rings. The topological polar surface area (TPSA) is 134 Å². The lowest BCUT2D eigenvalue weighted by atomic mass is 9.93. The van der Waals surface area contributed by atoms with Gasteiger partial charge in [0.2, 0.25) is 11.8 Å². The summed E-state index contributed by atoms with van der Waals surface area (Å²) in [5, 5.41) is 15.2. The van der Waals surface area contributed by atoms with E-state index < -0.39 is 47.1 Å². The predicted octanol–water partition coefficient (Wildman–Crippen LogP) is 3.68. The van der Waals surface area contributed by atoms with Gasteiger partial charge in [0.1, 0.15) is 23.4 Å². The number of esters is 1. The Labute approximate surface area is 220 Å². The number of rotatable bonds is 10. The SMILES string of the molecule is CCOC(=O)CCNC(=O)C(c1ccc(O)cc1)N(C(=O)C(NC(=O)OC(C)(C)C)C(C)C)C(C)(C)C. The first-order valence-electron chi connectivity index (χ1n) is 12.5. The number of hydrogen-bond donors (Lipinski definition) is 3. The van der Waals surface area contributed by atoms with Gasteiger partial charge in [-0.25, -0.2) is 4.79 Å². The van der Waals surface area contributed by atoms with E-state index in [9.17, 15) is 24.3 Å². The van der Waals surface area contributed by atoms with Crippen molar-refractivity contribution in [1.82, 2.24) is 15.5 Å². The first-order chi connectivity index (χ1) is 17.0. The molecule has 2 unspecified atom stereocenters. The fourth-order valence-electron chi connectivity index (χ4n) is 3.63. The second-order valence-electron chi connectivity index (χ2n) is 11.1. The van der Waals surface area contributed by atoms with Crippen LogP contribution in [-0.2, 0) is 23.9 Å². The van der Waals surface area contributed by atoms with Gasteiger partial charge >= 0.3 is 12.1 Å². The Hall–Kier alpha value is -3.30. The van der Waals surface area contributed by atoms with Crippen molar-refractivity contribution in [2.45, 2.75) is 92.0 Å². The van der Waals surface area contributed by atoms with E-state index in [0.717, 1.165) is 0 Å². The Bertz CT molecular complexity index is 931. The standard InChI is InChI=1S/C27H43N3O7/c1-10-36-20(32)15-16-28-23(33)22(18-11-13-19(31)14-12-18)30(26(4,5)6)24(34)21(17(2)3)29-25(35)37-27(7,8)9/h11-14,17,21-22,31H,10,15-16H2,1-9H3,(H,28,33)(H,29,35). The third-order valence-corrected chi connectivity index (χ3v) is 5.21. The van der Waals surface area contributed by atoms with Crippen LogP contribution in [0, 0.1) is 5.92 Å². The molecule has 0 aromatic heterocycles. The summed E-state index contributed by atoms with van der Waals surface area (Å²) in [5.74, 6) is -1.76. The van der Waals surface area contributed by atoms with Gasteiger partial charge in [0.25, 0.3) is 0 Å². The molecule has 208 valence electrons. The highest BCUT2D eigenvalue weighted by Crippen LogP contribution is 2.31. The number of carbonyl (C=O) groups excluding carboxylic acids is 4. The Morgan fingerprint density at radius 1 is 1.00 bits per heavy atom. The first-order valence-corrected chi connectivity index (χ1v) is 12.5. The molecule has 1 aromatic carbocycles. The van der Waals surface area contributed by atoms with Crippen LogP contribution >= 0.6 is 0 Å². The Morgan fingerprint density at radius 3 is 2.03 bits per heavy atom. The zero-order valence-corrected chi connectivity index (χ0v) is 23.5. The van der Waals surface area contributed by atoms with E-state index in [-0.39, 0.29) is 31.2 Å². The van der Waals surface area contributed by atoms with E-state index in [1.54, 1.807) is 74.4 Å². The van der Waals surface area contributed by atoms with Crippen LogP contribution in [0.5, 0.6) is 5.75 Å². The van der Waals surface area contributed by atoms with E-state index in [4.69, 9.17) is 9.47 Å². The van der Waals surface area contributed by atoms with E-state index in [1.165, 1.54) is 17.0 Å². The number of aromatic hydroxyl groups is 1. The van der Waals surface area contributed by atoms with Crippen molar-refractivity contribution < 1.29 is 33.8 Å². The van der Waals surface area contributed by atoms with Crippen molar-refractivity contribution in [2.75, 3.05) is 13.2 Å². The number of amides is 3. The van der Waals surface area contributed by atoms with Gasteiger partial charge in [-0.15, -0.1) is 0 Å². The minimum absolute atomic E-state index is 0.00510.